The van der Waals surface area contributed by atoms with Crippen LogP contribution in [0, 0.1) is 5.92 Å². The molecule has 22 heavy (non-hydrogen) atoms. The van der Waals surface area contributed by atoms with Crippen LogP contribution in [-0.4, -0.2) is 35.1 Å². The highest BCUT2D eigenvalue weighted by Gasteiger charge is 2.48. The van der Waals surface area contributed by atoms with Gasteiger partial charge in [0, 0.05) is 11.6 Å². The van der Waals surface area contributed by atoms with Crippen LogP contribution in [0.15, 0.2) is 36.9 Å². The summed E-state index contributed by atoms with van der Waals surface area (Å²) in [4.78, 5) is 50.3. The summed E-state index contributed by atoms with van der Waals surface area (Å²) in [5.74, 6) is -3.86. The molecule has 0 N–H and O–H groups in total. The average Bonchev–Trinajstić information content (AvgIpc) is 2.43. The lowest BCUT2D eigenvalue weighted by molar-refractivity contribution is -0.145. The molecule has 1 saturated heterocycles. The van der Waals surface area contributed by atoms with E-state index in [0.29, 0.717) is 5.02 Å². The third kappa shape index (κ3) is 2.65. The first-order chi connectivity index (χ1) is 10.4. The number of nitrogens with zero attached hydrogens (tertiary/aromatic N) is 2. The summed E-state index contributed by atoms with van der Waals surface area (Å²) >= 11 is 5.87. The maximum absolute atomic E-state index is 12.4. The van der Waals surface area contributed by atoms with E-state index in [0.717, 1.165) is 16.7 Å². The van der Waals surface area contributed by atoms with Crippen molar-refractivity contribution in [3.8, 4) is 0 Å². The Hall–Kier alpha value is -2.47. The van der Waals surface area contributed by atoms with Crippen molar-refractivity contribution < 1.29 is 19.2 Å². The van der Waals surface area contributed by atoms with E-state index in [1.54, 1.807) is 12.1 Å². The number of rotatable bonds is 4. The zero-order valence-corrected chi connectivity index (χ0v) is 12.5. The Bertz CT molecular complexity index is 686. The summed E-state index contributed by atoms with van der Waals surface area (Å²) < 4.78 is 0. The number of halogens is 1. The van der Waals surface area contributed by atoms with Gasteiger partial charge in [0.15, 0.2) is 11.7 Å². The molecule has 1 atom stereocenters. The van der Waals surface area contributed by atoms with E-state index >= 15 is 0 Å². The van der Waals surface area contributed by atoms with Gasteiger partial charge in [-0.3, -0.25) is 19.3 Å². The van der Waals surface area contributed by atoms with Crippen molar-refractivity contribution in [3.05, 3.63) is 41.9 Å². The van der Waals surface area contributed by atoms with Crippen LogP contribution in [0.4, 0.5) is 10.5 Å². The zero-order valence-electron chi connectivity index (χ0n) is 11.8. The monoisotopic (exact) mass is 320 g/mol. The Morgan fingerprint density at radius 2 is 2.00 bits per heavy atom. The Kier molecular flexibility index (Phi) is 4.42. The topological polar surface area (TPSA) is 74.8 Å². The van der Waals surface area contributed by atoms with Gasteiger partial charge in [0.25, 0.3) is 11.8 Å². The van der Waals surface area contributed by atoms with Crippen molar-refractivity contribution in [3.63, 3.8) is 0 Å². The van der Waals surface area contributed by atoms with Gasteiger partial charge in [0.2, 0.25) is 0 Å². The van der Waals surface area contributed by atoms with Crippen molar-refractivity contribution in [1.82, 2.24) is 4.90 Å². The predicted molar refractivity (Wildman–Crippen MR) is 80.4 cm³/mol. The van der Waals surface area contributed by atoms with Crippen LogP contribution in [0.5, 0.6) is 0 Å². The van der Waals surface area contributed by atoms with Gasteiger partial charge in [-0.05, 0) is 25.1 Å². The summed E-state index contributed by atoms with van der Waals surface area (Å²) in [7, 11) is 0. The highest BCUT2D eigenvalue weighted by Crippen LogP contribution is 2.27. The quantitative estimate of drug-likeness (QED) is 0.628. The molecule has 1 aromatic carbocycles. The molecule has 1 aliphatic rings. The highest BCUT2D eigenvalue weighted by atomic mass is 35.5. The van der Waals surface area contributed by atoms with Crippen LogP contribution in [-0.2, 0) is 14.4 Å². The molecule has 1 fully saturated rings. The van der Waals surface area contributed by atoms with Crippen molar-refractivity contribution in [2.75, 3.05) is 11.4 Å². The number of Topliss-reactive ketones (excluding diaryl/α,β-unsaturated/α-hetero) is 1. The molecule has 6 nitrogen and oxygen atoms in total. The molecule has 4 amide bonds. The predicted octanol–water partition coefficient (Wildman–Crippen LogP) is 2.03. The minimum absolute atomic E-state index is 0.0915. The van der Waals surface area contributed by atoms with E-state index in [1.807, 2.05) is 0 Å². The van der Waals surface area contributed by atoms with E-state index in [4.69, 9.17) is 11.6 Å². The largest absolute Gasteiger partial charge is 0.338 e. The maximum Gasteiger partial charge on any atom is 0.338 e. The maximum atomic E-state index is 12.4. The van der Waals surface area contributed by atoms with Crippen LogP contribution in [0.3, 0.4) is 0 Å². The van der Waals surface area contributed by atoms with Crippen LogP contribution < -0.4 is 4.90 Å². The number of carbonyl (C=O) groups excluding carboxylic acids is 4. The first-order valence-electron chi connectivity index (χ1n) is 6.44. The van der Waals surface area contributed by atoms with Gasteiger partial charge in [-0.2, -0.15) is 0 Å². The Balaban J connectivity index is 2.53. The molecule has 1 aliphatic heterocycles. The number of anilines is 1. The lowest BCUT2D eigenvalue weighted by Gasteiger charge is -2.35. The lowest BCUT2D eigenvalue weighted by Crippen LogP contribution is -2.61. The second-order valence-electron chi connectivity index (χ2n) is 4.72. The van der Waals surface area contributed by atoms with E-state index < -0.39 is 29.5 Å². The summed E-state index contributed by atoms with van der Waals surface area (Å²) in [5.41, 5.74) is 0.204. The minimum atomic E-state index is -1.53. The highest BCUT2D eigenvalue weighted by molar-refractivity contribution is 6.35. The summed E-state index contributed by atoms with van der Waals surface area (Å²) in [6.07, 6.45) is 1.35. The Morgan fingerprint density at radius 3 is 2.55 bits per heavy atom. The fraction of sp³-hybridized carbons (Fsp3) is 0.200. The van der Waals surface area contributed by atoms with Gasteiger partial charge in [-0.25, -0.2) is 9.69 Å². The third-order valence-corrected chi connectivity index (χ3v) is 3.42. The minimum Gasteiger partial charge on any atom is -0.299 e. The zero-order chi connectivity index (χ0) is 16.4. The fourth-order valence-electron chi connectivity index (χ4n) is 2.20. The number of barbiturate groups is 1. The smallest absolute Gasteiger partial charge is 0.299 e. The third-order valence-electron chi connectivity index (χ3n) is 3.19. The Labute approximate surface area is 131 Å². The molecule has 114 valence electrons. The van der Waals surface area contributed by atoms with Gasteiger partial charge in [0.05, 0.1) is 5.69 Å². The number of hydrogen-bond donors (Lipinski definition) is 0. The summed E-state index contributed by atoms with van der Waals surface area (Å²) in [5, 5.41) is 0.324. The second kappa shape index (κ2) is 6.11. The van der Waals surface area contributed by atoms with Gasteiger partial charge in [-0.1, -0.05) is 23.7 Å². The molecule has 2 rings (SSSR count). The van der Waals surface area contributed by atoms with Crippen molar-refractivity contribution >= 4 is 40.9 Å². The first-order valence-corrected chi connectivity index (χ1v) is 6.82. The molecule has 7 heteroatoms. The first kappa shape index (κ1) is 15.9. The van der Waals surface area contributed by atoms with Gasteiger partial charge < -0.3 is 0 Å². The number of hydrogen-bond acceptors (Lipinski definition) is 4. The SMILES string of the molecule is C=CCN1C(=O)C(C(C)=O)C(=O)N(c2cccc(Cl)c2)C1=O. The second-order valence-corrected chi connectivity index (χ2v) is 5.15. The van der Waals surface area contributed by atoms with E-state index in [1.165, 1.54) is 18.2 Å². The fourth-order valence-corrected chi connectivity index (χ4v) is 2.38. The molecule has 0 aromatic heterocycles. The van der Waals surface area contributed by atoms with E-state index in [9.17, 15) is 19.2 Å². The van der Waals surface area contributed by atoms with Crippen LogP contribution in [0.25, 0.3) is 0 Å². The van der Waals surface area contributed by atoms with Crippen molar-refractivity contribution in [2.45, 2.75) is 6.92 Å². The molecule has 1 unspecified atom stereocenters. The molecule has 0 spiro atoms. The van der Waals surface area contributed by atoms with Crippen LogP contribution in [0.1, 0.15) is 6.92 Å². The number of amides is 4. The number of imide groups is 2. The number of carbonyl (C=O) groups is 4. The molecular formula is C15H13ClN2O4. The number of ketones is 1. The molecule has 1 aromatic rings. The molecule has 0 aliphatic carbocycles. The standard InChI is InChI=1S/C15H13ClN2O4/c1-3-7-17-13(20)12(9(2)19)14(21)18(15(17)22)11-6-4-5-10(16)8-11/h3-6,8,12H,1,7H2,2H3. The Morgan fingerprint density at radius 1 is 1.32 bits per heavy atom. The van der Waals surface area contributed by atoms with Gasteiger partial charge in [0.1, 0.15) is 0 Å². The summed E-state index contributed by atoms with van der Waals surface area (Å²) in [6.45, 7) is 4.51. The van der Waals surface area contributed by atoms with E-state index in [-0.39, 0.29) is 12.2 Å². The molecule has 0 saturated carbocycles. The van der Waals surface area contributed by atoms with Crippen molar-refractivity contribution in [1.29, 1.82) is 0 Å². The van der Waals surface area contributed by atoms with E-state index in [2.05, 4.69) is 6.58 Å². The van der Waals surface area contributed by atoms with Crippen LogP contribution >= 0.6 is 11.6 Å². The van der Waals surface area contributed by atoms with Gasteiger partial charge in [-0.15, -0.1) is 6.58 Å². The molecule has 1 heterocycles. The molecule has 0 bridgehead atoms. The molecule has 0 radical (unpaired) electrons. The molecular weight excluding hydrogens is 308 g/mol. The van der Waals surface area contributed by atoms with Crippen LogP contribution in [0.2, 0.25) is 5.02 Å². The number of benzene rings is 1. The summed E-state index contributed by atoms with van der Waals surface area (Å²) in [6, 6.07) is 5.24. The lowest BCUT2D eigenvalue weighted by atomic mass is 9.98. The van der Waals surface area contributed by atoms with Crippen molar-refractivity contribution in [2.24, 2.45) is 5.92 Å². The van der Waals surface area contributed by atoms with Gasteiger partial charge >= 0.3 is 6.03 Å². The normalized spacial score (nSPS) is 18.6. The average molecular weight is 321 g/mol. The number of urea groups is 1.